The minimum atomic E-state index is -0.896. The molecule has 0 bridgehead atoms. The van der Waals surface area contributed by atoms with E-state index in [0.29, 0.717) is 35.4 Å². The Hall–Kier alpha value is -3.64. The van der Waals surface area contributed by atoms with Crippen LogP contribution in [-0.4, -0.2) is 16.1 Å². The molecule has 1 heterocycles. The summed E-state index contributed by atoms with van der Waals surface area (Å²) in [5.74, 6) is 0.433. The van der Waals surface area contributed by atoms with Gasteiger partial charge in [0.05, 0.1) is 12.1 Å². The number of ether oxygens (including phenoxy) is 2. The van der Waals surface area contributed by atoms with Crippen molar-refractivity contribution in [2.24, 2.45) is 0 Å². The Balaban J connectivity index is 1.57. The summed E-state index contributed by atoms with van der Waals surface area (Å²) < 4.78 is 12.0. The van der Waals surface area contributed by atoms with E-state index < -0.39 is 5.97 Å². The van der Waals surface area contributed by atoms with Crippen molar-refractivity contribution in [1.82, 2.24) is 4.98 Å². The lowest BCUT2D eigenvalue weighted by molar-refractivity contribution is -0.136. The summed E-state index contributed by atoms with van der Waals surface area (Å²) in [5.41, 5.74) is 3.66. The van der Waals surface area contributed by atoms with Crippen molar-refractivity contribution in [2.75, 3.05) is 0 Å². The largest absolute Gasteiger partial charge is 0.489 e. The molecule has 4 aromatic rings. The van der Waals surface area contributed by atoms with Crippen molar-refractivity contribution in [3.63, 3.8) is 0 Å². The normalized spacial score (nSPS) is 10.6. The zero-order chi connectivity index (χ0) is 21.5. The first kappa shape index (κ1) is 20.6. The van der Waals surface area contributed by atoms with Crippen LogP contribution in [0.4, 0.5) is 0 Å². The second kappa shape index (κ2) is 9.91. The third-order valence-corrected chi connectivity index (χ3v) is 5.38. The molecule has 0 spiro atoms. The fourth-order valence-corrected chi connectivity index (χ4v) is 3.82. The predicted molar refractivity (Wildman–Crippen MR) is 120 cm³/mol. The number of hydrogen-bond acceptors (Lipinski definition) is 5. The Morgan fingerprint density at radius 1 is 0.839 bits per heavy atom. The average Bonchev–Trinajstić information content (AvgIpc) is 3.25. The number of carbonyl (C=O) groups is 1. The quantitative estimate of drug-likeness (QED) is 0.374. The molecule has 31 heavy (non-hydrogen) atoms. The topological polar surface area (TPSA) is 68.7 Å². The fourth-order valence-electron chi connectivity index (χ4n) is 3.02. The monoisotopic (exact) mass is 431 g/mol. The molecule has 0 unspecified atom stereocenters. The van der Waals surface area contributed by atoms with E-state index in [4.69, 9.17) is 14.6 Å². The van der Waals surface area contributed by atoms with E-state index in [1.807, 2.05) is 84.2 Å². The van der Waals surface area contributed by atoms with E-state index in [0.717, 1.165) is 16.7 Å². The molecule has 0 saturated heterocycles. The number of carboxylic acid groups (broad SMARTS) is 1. The van der Waals surface area contributed by atoms with Crippen molar-refractivity contribution >= 4 is 17.3 Å². The standard InChI is InChI=1S/C25H21NO4S/c27-25(28)14-24-26-23(17-31-24)20-11-21(29-15-18-7-3-1-4-8-18)13-22(12-20)30-16-19-9-5-2-6-10-19/h1-13,17H,14-16H2,(H,27,28). The number of nitrogens with zero attached hydrogens (tertiary/aromatic N) is 1. The lowest BCUT2D eigenvalue weighted by Crippen LogP contribution is -2.00. The van der Waals surface area contributed by atoms with E-state index in [2.05, 4.69) is 4.98 Å². The molecular formula is C25H21NO4S. The van der Waals surface area contributed by atoms with E-state index in [9.17, 15) is 4.79 Å². The van der Waals surface area contributed by atoms with Crippen LogP contribution in [0.5, 0.6) is 11.5 Å². The van der Waals surface area contributed by atoms with Gasteiger partial charge in [0.2, 0.25) is 0 Å². The van der Waals surface area contributed by atoms with Gasteiger partial charge in [-0.05, 0) is 23.3 Å². The number of thiazole rings is 1. The zero-order valence-corrected chi connectivity index (χ0v) is 17.5. The van der Waals surface area contributed by atoms with Crippen LogP contribution in [0.25, 0.3) is 11.3 Å². The van der Waals surface area contributed by atoms with Gasteiger partial charge in [-0.15, -0.1) is 11.3 Å². The first-order chi connectivity index (χ1) is 15.2. The number of benzene rings is 3. The molecule has 1 N–H and O–H groups in total. The summed E-state index contributed by atoms with van der Waals surface area (Å²) in [4.78, 5) is 15.5. The second-order valence-electron chi connectivity index (χ2n) is 6.94. The van der Waals surface area contributed by atoms with Crippen LogP contribution in [-0.2, 0) is 24.4 Å². The number of hydrogen-bond donors (Lipinski definition) is 1. The SMILES string of the molecule is O=C(O)Cc1nc(-c2cc(OCc3ccccc3)cc(OCc3ccccc3)c2)cs1. The van der Waals surface area contributed by atoms with Crippen LogP contribution in [0.15, 0.2) is 84.2 Å². The molecule has 0 aliphatic rings. The Morgan fingerprint density at radius 3 is 1.90 bits per heavy atom. The van der Waals surface area contributed by atoms with Gasteiger partial charge in [-0.3, -0.25) is 4.79 Å². The van der Waals surface area contributed by atoms with Crippen LogP contribution in [0.2, 0.25) is 0 Å². The van der Waals surface area contributed by atoms with E-state index in [-0.39, 0.29) is 6.42 Å². The van der Waals surface area contributed by atoms with Gasteiger partial charge in [0.15, 0.2) is 0 Å². The minimum absolute atomic E-state index is 0.0910. The molecule has 156 valence electrons. The molecular weight excluding hydrogens is 410 g/mol. The molecule has 6 heteroatoms. The van der Waals surface area contributed by atoms with E-state index >= 15 is 0 Å². The average molecular weight is 432 g/mol. The van der Waals surface area contributed by atoms with Gasteiger partial charge in [-0.2, -0.15) is 0 Å². The molecule has 1 aromatic heterocycles. The third-order valence-electron chi connectivity index (χ3n) is 4.53. The summed E-state index contributed by atoms with van der Waals surface area (Å²) >= 11 is 1.33. The van der Waals surface area contributed by atoms with E-state index in [1.54, 1.807) is 0 Å². The highest BCUT2D eigenvalue weighted by atomic mass is 32.1. The molecule has 5 nitrogen and oxygen atoms in total. The number of aromatic nitrogens is 1. The number of aliphatic carboxylic acids is 1. The molecule has 0 atom stereocenters. The second-order valence-corrected chi connectivity index (χ2v) is 7.88. The first-order valence-corrected chi connectivity index (χ1v) is 10.7. The highest BCUT2D eigenvalue weighted by molar-refractivity contribution is 7.10. The van der Waals surface area contributed by atoms with Crippen molar-refractivity contribution in [3.05, 3.63) is 100 Å². The summed E-state index contributed by atoms with van der Waals surface area (Å²) in [5, 5.41) is 11.4. The molecule has 0 radical (unpaired) electrons. The van der Waals surface area contributed by atoms with E-state index in [1.165, 1.54) is 11.3 Å². The molecule has 0 aliphatic heterocycles. The maximum atomic E-state index is 11.0. The first-order valence-electron chi connectivity index (χ1n) is 9.81. The summed E-state index contributed by atoms with van der Waals surface area (Å²) in [7, 11) is 0. The molecule has 0 saturated carbocycles. The zero-order valence-electron chi connectivity index (χ0n) is 16.7. The van der Waals surface area contributed by atoms with Gasteiger partial charge < -0.3 is 14.6 Å². The minimum Gasteiger partial charge on any atom is -0.489 e. The van der Waals surface area contributed by atoms with Crippen LogP contribution >= 0.6 is 11.3 Å². The number of carboxylic acids is 1. The molecule has 0 amide bonds. The van der Waals surface area contributed by atoms with Gasteiger partial charge in [-0.25, -0.2) is 4.98 Å². The number of rotatable bonds is 9. The lowest BCUT2D eigenvalue weighted by Gasteiger charge is -2.12. The van der Waals surface area contributed by atoms with Gasteiger partial charge in [0.1, 0.15) is 29.7 Å². The van der Waals surface area contributed by atoms with Crippen LogP contribution in [0.1, 0.15) is 16.1 Å². The summed E-state index contributed by atoms with van der Waals surface area (Å²) in [6.07, 6.45) is -0.0910. The lowest BCUT2D eigenvalue weighted by atomic mass is 10.1. The Kier molecular flexibility index (Phi) is 6.59. The molecule has 0 aliphatic carbocycles. The Bertz CT molecular complexity index is 1080. The summed E-state index contributed by atoms with van der Waals surface area (Å²) in [6.45, 7) is 0.869. The van der Waals surface area contributed by atoms with Crippen molar-refractivity contribution in [2.45, 2.75) is 19.6 Å². The maximum absolute atomic E-state index is 11.0. The third kappa shape index (κ3) is 5.93. The van der Waals surface area contributed by atoms with Gasteiger partial charge in [0.25, 0.3) is 0 Å². The maximum Gasteiger partial charge on any atom is 0.310 e. The van der Waals surface area contributed by atoms with Crippen molar-refractivity contribution in [1.29, 1.82) is 0 Å². The predicted octanol–water partition coefficient (Wildman–Crippen LogP) is 5.60. The van der Waals surface area contributed by atoms with Gasteiger partial charge in [-0.1, -0.05) is 60.7 Å². The Labute approximate surface area is 184 Å². The highest BCUT2D eigenvalue weighted by Crippen LogP contribution is 2.31. The van der Waals surface area contributed by atoms with Gasteiger partial charge >= 0.3 is 5.97 Å². The molecule has 4 rings (SSSR count). The smallest absolute Gasteiger partial charge is 0.310 e. The molecule has 0 fully saturated rings. The Morgan fingerprint density at radius 2 is 1.39 bits per heavy atom. The highest BCUT2D eigenvalue weighted by Gasteiger charge is 2.11. The fraction of sp³-hybridized carbons (Fsp3) is 0.120. The van der Waals surface area contributed by atoms with Crippen LogP contribution in [0, 0.1) is 0 Å². The summed E-state index contributed by atoms with van der Waals surface area (Å²) in [6, 6.07) is 25.5. The van der Waals surface area contributed by atoms with Crippen LogP contribution in [0.3, 0.4) is 0 Å². The van der Waals surface area contributed by atoms with Crippen LogP contribution < -0.4 is 9.47 Å². The van der Waals surface area contributed by atoms with Crippen molar-refractivity contribution < 1.29 is 19.4 Å². The molecule has 3 aromatic carbocycles. The van der Waals surface area contributed by atoms with Crippen molar-refractivity contribution in [3.8, 4) is 22.8 Å². The van der Waals surface area contributed by atoms with Gasteiger partial charge in [0, 0.05) is 17.0 Å².